The predicted molar refractivity (Wildman–Crippen MR) is 118 cm³/mol. The van der Waals surface area contributed by atoms with E-state index >= 15 is 0 Å². The van der Waals surface area contributed by atoms with E-state index in [-0.39, 0.29) is 12.0 Å². The van der Waals surface area contributed by atoms with Gasteiger partial charge in [0.1, 0.15) is 0 Å². The van der Waals surface area contributed by atoms with Crippen molar-refractivity contribution in [2.45, 2.75) is 45.7 Å². The van der Waals surface area contributed by atoms with Crippen molar-refractivity contribution in [3.63, 3.8) is 0 Å². The van der Waals surface area contributed by atoms with E-state index in [2.05, 4.69) is 51.7 Å². The molecule has 0 saturated carbocycles. The fourth-order valence-electron chi connectivity index (χ4n) is 4.23. The molecule has 2 aliphatic rings. The quantitative estimate of drug-likeness (QED) is 0.460. The van der Waals surface area contributed by atoms with Gasteiger partial charge in [-0.2, -0.15) is 0 Å². The Morgan fingerprint density at radius 3 is 2.55 bits per heavy atom. The number of nitrogens with zero attached hydrogens (tertiary/aromatic N) is 2. The first-order valence-corrected chi connectivity index (χ1v) is 11.1. The molecule has 2 fully saturated rings. The Kier molecular flexibility index (Phi) is 8.33. The lowest BCUT2D eigenvalue weighted by Gasteiger charge is -2.30. The van der Waals surface area contributed by atoms with E-state index < -0.39 is 0 Å². The van der Waals surface area contributed by atoms with Crippen molar-refractivity contribution in [2.75, 3.05) is 46.5 Å². The molecule has 0 bridgehead atoms. The van der Waals surface area contributed by atoms with Crippen LogP contribution in [0.4, 0.5) is 0 Å². The molecule has 0 aliphatic carbocycles. The van der Waals surface area contributed by atoms with E-state index in [9.17, 15) is 5.11 Å². The summed E-state index contributed by atoms with van der Waals surface area (Å²) in [4.78, 5) is 6.90. The number of piperidine rings is 1. The lowest BCUT2D eigenvalue weighted by atomic mass is 9.84. The zero-order chi connectivity index (χ0) is 20.5. The van der Waals surface area contributed by atoms with E-state index in [1.807, 2.05) is 0 Å². The smallest absolute Gasteiger partial charge is 0.191 e. The van der Waals surface area contributed by atoms with E-state index in [4.69, 9.17) is 4.74 Å². The third-order valence-corrected chi connectivity index (χ3v) is 6.45. The molecule has 3 N–H and O–H groups in total. The predicted octanol–water partition coefficient (Wildman–Crippen LogP) is 2.37. The summed E-state index contributed by atoms with van der Waals surface area (Å²) >= 11 is 0. The number of benzene rings is 1. The molecule has 0 amide bonds. The number of ether oxygens (including phenoxy) is 1. The Balaban J connectivity index is 1.43. The highest BCUT2D eigenvalue weighted by molar-refractivity contribution is 5.79. The van der Waals surface area contributed by atoms with Gasteiger partial charge in [0.25, 0.3) is 0 Å². The van der Waals surface area contributed by atoms with Gasteiger partial charge in [-0.1, -0.05) is 31.2 Å². The maximum atomic E-state index is 9.37. The van der Waals surface area contributed by atoms with Gasteiger partial charge in [0.2, 0.25) is 0 Å². The molecule has 2 aliphatic heterocycles. The van der Waals surface area contributed by atoms with Crippen LogP contribution in [0.2, 0.25) is 0 Å². The Bertz CT molecular complexity index is 633. The van der Waals surface area contributed by atoms with Crippen LogP contribution in [0, 0.1) is 11.3 Å². The number of hydrogen-bond acceptors (Lipinski definition) is 4. The van der Waals surface area contributed by atoms with Crippen molar-refractivity contribution in [3.05, 3.63) is 35.4 Å². The number of aliphatic hydroxyl groups excluding tert-OH is 1. The van der Waals surface area contributed by atoms with Crippen molar-refractivity contribution in [1.82, 2.24) is 15.5 Å². The molecule has 162 valence electrons. The molecule has 0 spiro atoms. The molecule has 0 aromatic heterocycles. The first-order chi connectivity index (χ1) is 14.1. The molecule has 6 heteroatoms. The van der Waals surface area contributed by atoms with Gasteiger partial charge in [0.15, 0.2) is 5.96 Å². The van der Waals surface area contributed by atoms with Crippen molar-refractivity contribution in [3.8, 4) is 0 Å². The van der Waals surface area contributed by atoms with Gasteiger partial charge in [0, 0.05) is 45.3 Å². The largest absolute Gasteiger partial charge is 0.396 e. The number of hydrogen-bond donors (Lipinski definition) is 3. The maximum absolute atomic E-state index is 9.37. The van der Waals surface area contributed by atoms with Crippen LogP contribution < -0.4 is 10.6 Å². The molecule has 6 nitrogen and oxygen atoms in total. The average Bonchev–Trinajstić information content (AvgIpc) is 3.20. The number of rotatable bonds is 8. The van der Waals surface area contributed by atoms with Crippen LogP contribution in [0.3, 0.4) is 0 Å². The van der Waals surface area contributed by atoms with Crippen LogP contribution in [0.5, 0.6) is 0 Å². The second-order valence-electron chi connectivity index (χ2n) is 8.83. The fraction of sp³-hybridized carbons (Fsp3) is 0.696. The van der Waals surface area contributed by atoms with Gasteiger partial charge in [-0.15, -0.1) is 0 Å². The minimum Gasteiger partial charge on any atom is -0.396 e. The van der Waals surface area contributed by atoms with Crippen molar-refractivity contribution in [1.29, 1.82) is 0 Å². The Hall–Kier alpha value is -1.63. The molecular weight excluding hydrogens is 364 g/mol. The summed E-state index contributed by atoms with van der Waals surface area (Å²) in [6, 6.07) is 8.91. The van der Waals surface area contributed by atoms with Gasteiger partial charge in [-0.05, 0) is 55.8 Å². The minimum atomic E-state index is 0.0142. The number of aliphatic hydroxyl groups is 1. The Morgan fingerprint density at radius 2 is 1.93 bits per heavy atom. The van der Waals surface area contributed by atoms with Gasteiger partial charge >= 0.3 is 0 Å². The van der Waals surface area contributed by atoms with Gasteiger partial charge < -0.3 is 20.5 Å². The second kappa shape index (κ2) is 11.0. The molecule has 1 atom stereocenters. The summed E-state index contributed by atoms with van der Waals surface area (Å²) in [5.41, 5.74) is 2.65. The monoisotopic (exact) mass is 402 g/mol. The number of guanidine groups is 1. The number of aliphatic imine (C=N–C) groups is 1. The van der Waals surface area contributed by atoms with Crippen LogP contribution in [0.15, 0.2) is 29.3 Å². The van der Waals surface area contributed by atoms with Crippen molar-refractivity contribution in [2.24, 2.45) is 16.3 Å². The summed E-state index contributed by atoms with van der Waals surface area (Å²) in [5.74, 6) is 1.67. The molecule has 2 heterocycles. The lowest BCUT2D eigenvalue weighted by molar-refractivity contribution is 0.127. The maximum Gasteiger partial charge on any atom is 0.191 e. The highest BCUT2D eigenvalue weighted by atomic mass is 16.5. The zero-order valence-electron chi connectivity index (χ0n) is 18.1. The normalized spacial score (nSPS) is 24.0. The molecular formula is C23H38N4O2. The second-order valence-corrected chi connectivity index (χ2v) is 8.83. The topological polar surface area (TPSA) is 69.1 Å². The van der Waals surface area contributed by atoms with E-state index in [1.165, 1.54) is 37.1 Å². The third-order valence-electron chi connectivity index (χ3n) is 6.45. The lowest BCUT2D eigenvalue weighted by Crippen LogP contribution is -2.44. The minimum absolute atomic E-state index is 0.0142. The average molecular weight is 403 g/mol. The van der Waals surface area contributed by atoms with Crippen LogP contribution in [-0.4, -0.2) is 62.5 Å². The molecule has 29 heavy (non-hydrogen) atoms. The zero-order valence-corrected chi connectivity index (χ0v) is 18.1. The van der Waals surface area contributed by atoms with Gasteiger partial charge in [-0.25, -0.2) is 0 Å². The third kappa shape index (κ3) is 6.69. The SMILES string of the molecule is CN=C(NCc1ccc(CN2CCC(C)CC2)cc1)NCC1(CCO)CCOC1. The highest BCUT2D eigenvalue weighted by Crippen LogP contribution is 2.31. The summed E-state index contributed by atoms with van der Waals surface area (Å²) in [6.07, 6.45) is 4.38. The molecule has 1 aromatic rings. The summed E-state index contributed by atoms with van der Waals surface area (Å²) in [7, 11) is 1.79. The molecule has 1 unspecified atom stereocenters. The van der Waals surface area contributed by atoms with Crippen LogP contribution in [-0.2, 0) is 17.8 Å². The Morgan fingerprint density at radius 1 is 1.21 bits per heavy atom. The van der Waals surface area contributed by atoms with Crippen LogP contribution in [0.25, 0.3) is 0 Å². The van der Waals surface area contributed by atoms with Crippen molar-refractivity contribution >= 4 is 5.96 Å². The molecule has 3 rings (SSSR count). The molecule has 0 radical (unpaired) electrons. The van der Waals surface area contributed by atoms with E-state index in [1.54, 1.807) is 7.05 Å². The van der Waals surface area contributed by atoms with E-state index in [0.29, 0.717) is 6.61 Å². The summed E-state index contributed by atoms with van der Waals surface area (Å²) < 4.78 is 5.56. The molecule has 2 saturated heterocycles. The molecule has 1 aromatic carbocycles. The van der Waals surface area contributed by atoms with Gasteiger partial charge in [0.05, 0.1) is 6.61 Å². The first-order valence-electron chi connectivity index (χ1n) is 11.1. The Labute approximate surface area is 175 Å². The van der Waals surface area contributed by atoms with Crippen molar-refractivity contribution < 1.29 is 9.84 Å². The first kappa shape index (κ1) is 22.1. The fourth-order valence-corrected chi connectivity index (χ4v) is 4.23. The summed E-state index contributed by atoms with van der Waals surface area (Å²) in [5, 5.41) is 16.2. The van der Waals surface area contributed by atoms with Gasteiger partial charge in [-0.3, -0.25) is 9.89 Å². The van der Waals surface area contributed by atoms with Crippen LogP contribution >= 0.6 is 0 Å². The summed E-state index contributed by atoms with van der Waals surface area (Å²) in [6.45, 7) is 9.02. The van der Waals surface area contributed by atoms with Crippen LogP contribution in [0.1, 0.15) is 43.7 Å². The number of likely N-dealkylation sites (tertiary alicyclic amines) is 1. The van der Waals surface area contributed by atoms with E-state index in [0.717, 1.165) is 51.0 Å². The number of nitrogens with one attached hydrogen (secondary N) is 2. The highest BCUT2D eigenvalue weighted by Gasteiger charge is 2.34. The standard InChI is InChI=1S/C23H38N4O2/c1-19-7-11-27(12-8-19)16-21-5-3-20(4-6-21)15-25-22(24-2)26-17-23(9-13-28)10-14-29-18-23/h3-6,19,28H,7-18H2,1-2H3,(H2,24,25,26).